The van der Waals surface area contributed by atoms with Crippen LogP contribution in [0.4, 0.5) is 16.6 Å². The predicted octanol–water partition coefficient (Wildman–Crippen LogP) is 4.06. The lowest BCUT2D eigenvalue weighted by molar-refractivity contribution is 0.0350. The van der Waals surface area contributed by atoms with Gasteiger partial charge in [-0.2, -0.15) is 10.1 Å². The first-order chi connectivity index (χ1) is 17.1. The second kappa shape index (κ2) is 8.64. The number of hydrogen-bond acceptors (Lipinski definition) is 9. The van der Waals surface area contributed by atoms with Gasteiger partial charge in [-0.3, -0.25) is 15.0 Å². The third-order valence-corrected chi connectivity index (χ3v) is 5.27. The molecule has 0 bridgehead atoms. The largest absolute Gasteiger partial charge is 0.443 e. The van der Waals surface area contributed by atoms with E-state index in [1.165, 1.54) is 15.9 Å². The molecule has 0 radical (unpaired) electrons. The quantitative estimate of drug-likeness (QED) is 0.416. The van der Waals surface area contributed by atoms with Gasteiger partial charge in [0.25, 0.3) is 5.91 Å². The Morgan fingerprint density at radius 3 is 2.83 bits per heavy atom. The molecule has 1 aromatic carbocycles. The van der Waals surface area contributed by atoms with E-state index in [0.717, 1.165) is 0 Å². The molecule has 2 amide bonds. The summed E-state index contributed by atoms with van der Waals surface area (Å²) < 4.78 is 12.4. The number of fused-ring (bicyclic) bond motifs is 2. The van der Waals surface area contributed by atoms with Crippen molar-refractivity contribution in [2.75, 3.05) is 17.6 Å². The molecule has 0 saturated carbocycles. The molecule has 36 heavy (non-hydrogen) atoms. The summed E-state index contributed by atoms with van der Waals surface area (Å²) in [5.41, 5.74) is 7.06. The van der Waals surface area contributed by atoms with Gasteiger partial charge in [-0.15, -0.1) is 0 Å². The fraction of sp³-hybridized carbons (Fsp3) is 0.217. The van der Waals surface area contributed by atoms with E-state index >= 15 is 0 Å². The maximum Gasteiger partial charge on any atom is 0.414 e. The summed E-state index contributed by atoms with van der Waals surface area (Å²) >= 11 is 6.00. The van der Waals surface area contributed by atoms with Gasteiger partial charge in [-0.1, -0.05) is 17.7 Å². The van der Waals surface area contributed by atoms with Crippen LogP contribution in [0.1, 0.15) is 31.3 Å². The summed E-state index contributed by atoms with van der Waals surface area (Å²) in [6.07, 6.45) is 5.81. The van der Waals surface area contributed by atoms with Crippen LogP contribution in [0.15, 0.2) is 47.3 Å². The van der Waals surface area contributed by atoms with Crippen LogP contribution >= 0.6 is 11.6 Å². The van der Waals surface area contributed by atoms with Crippen LogP contribution in [-0.4, -0.2) is 53.8 Å². The molecular weight excluding hydrogens is 488 g/mol. The summed E-state index contributed by atoms with van der Waals surface area (Å²) in [5.74, 6) is -0.576. The number of hydrogen-bond donors (Lipinski definition) is 2. The molecule has 0 spiro atoms. The average molecular weight is 509 g/mol. The van der Waals surface area contributed by atoms with Gasteiger partial charge in [0.15, 0.2) is 16.9 Å². The van der Waals surface area contributed by atoms with Gasteiger partial charge in [0.2, 0.25) is 0 Å². The van der Waals surface area contributed by atoms with E-state index < -0.39 is 17.6 Å². The Bertz CT molecular complexity index is 1580. The van der Waals surface area contributed by atoms with E-state index in [2.05, 4.69) is 25.4 Å². The molecule has 1 aliphatic rings. The fourth-order valence-electron chi connectivity index (χ4n) is 3.54. The number of halogens is 1. The van der Waals surface area contributed by atoms with Crippen LogP contribution in [0.2, 0.25) is 5.02 Å². The lowest BCUT2D eigenvalue weighted by Crippen LogP contribution is -2.35. The number of carbonyl (C=O) groups excluding carboxylic acids is 2. The summed E-state index contributed by atoms with van der Waals surface area (Å²) in [4.78, 5) is 39.7. The van der Waals surface area contributed by atoms with Crippen molar-refractivity contribution in [3.63, 3.8) is 0 Å². The van der Waals surface area contributed by atoms with E-state index in [-0.39, 0.29) is 28.6 Å². The van der Waals surface area contributed by atoms with Crippen molar-refractivity contribution in [1.29, 1.82) is 0 Å². The third-order valence-electron chi connectivity index (χ3n) is 5.03. The minimum absolute atomic E-state index is 0.0386. The van der Waals surface area contributed by atoms with Crippen molar-refractivity contribution < 1.29 is 18.7 Å². The average Bonchev–Trinajstić information content (AvgIpc) is 3.39. The number of carbonyl (C=O) groups is 2. The number of ether oxygens (including phenoxy) is 1. The van der Waals surface area contributed by atoms with Gasteiger partial charge in [-0.25, -0.2) is 19.4 Å². The molecule has 0 atom stereocenters. The van der Waals surface area contributed by atoms with Crippen molar-refractivity contribution in [3.05, 3.63) is 53.6 Å². The highest BCUT2D eigenvalue weighted by molar-refractivity contribution is 6.31. The molecule has 0 unspecified atom stereocenters. The molecule has 5 rings (SSSR count). The van der Waals surface area contributed by atoms with Crippen LogP contribution in [-0.2, 0) is 4.74 Å². The smallest absolute Gasteiger partial charge is 0.414 e. The maximum atomic E-state index is 13.2. The van der Waals surface area contributed by atoms with Crippen molar-refractivity contribution in [1.82, 2.24) is 29.6 Å². The molecule has 0 fully saturated rings. The minimum atomic E-state index is -0.659. The van der Waals surface area contributed by atoms with Crippen molar-refractivity contribution in [2.24, 2.45) is 0 Å². The molecule has 12 nitrogen and oxygen atoms in total. The number of nitrogen functional groups attached to an aromatic ring is 1. The second-order valence-corrected chi connectivity index (χ2v) is 9.33. The molecule has 184 valence electrons. The molecule has 3 N–H and O–H groups in total. The second-order valence-electron chi connectivity index (χ2n) is 8.89. The number of oxazole rings is 1. The molecule has 4 aromatic rings. The zero-order valence-electron chi connectivity index (χ0n) is 19.5. The molecule has 4 heterocycles. The Balaban J connectivity index is 1.51. The molecule has 1 aliphatic heterocycles. The Labute approximate surface area is 209 Å². The Kier molecular flexibility index (Phi) is 5.59. The number of nitrogens with one attached hydrogen (secondary N) is 1. The number of rotatable bonds is 3. The first-order valence-electron chi connectivity index (χ1n) is 10.8. The highest BCUT2D eigenvalue weighted by atomic mass is 35.5. The van der Waals surface area contributed by atoms with Crippen LogP contribution < -0.4 is 11.1 Å². The Hall–Kier alpha value is -4.45. The van der Waals surface area contributed by atoms with Gasteiger partial charge in [0.1, 0.15) is 23.3 Å². The molecule has 0 aliphatic carbocycles. The van der Waals surface area contributed by atoms with E-state index in [9.17, 15) is 9.59 Å². The van der Waals surface area contributed by atoms with Crippen LogP contribution in [0.3, 0.4) is 0 Å². The number of benzene rings is 1. The predicted molar refractivity (Wildman–Crippen MR) is 133 cm³/mol. The highest BCUT2D eigenvalue weighted by Crippen LogP contribution is 2.27. The zero-order chi connectivity index (χ0) is 25.6. The van der Waals surface area contributed by atoms with Crippen molar-refractivity contribution >= 4 is 63.3 Å². The Morgan fingerprint density at radius 1 is 1.25 bits per heavy atom. The lowest BCUT2D eigenvalue weighted by Gasteiger charge is -2.26. The van der Waals surface area contributed by atoms with E-state index in [1.54, 1.807) is 57.3 Å². The highest BCUT2D eigenvalue weighted by Gasteiger charge is 2.26. The van der Waals surface area contributed by atoms with Gasteiger partial charge < -0.3 is 14.9 Å². The first-order valence-corrected chi connectivity index (χ1v) is 11.2. The third kappa shape index (κ3) is 4.45. The van der Waals surface area contributed by atoms with Crippen molar-refractivity contribution in [2.45, 2.75) is 26.4 Å². The van der Waals surface area contributed by atoms with Crippen LogP contribution in [0.25, 0.3) is 27.8 Å². The number of aromatic nitrogens is 5. The van der Waals surface area contributed by atoms with Gasteiger partial charge in [0, 0.05) is 17.8 Å². The number of anilines is 2. The normalized spacial score (nSPS) is 13.8. The topological polar surface area (TPSA) is 154 Å². The fourth-order valence-corrected chi connectivity index (χ4v) is 3.71. The molecular formula is C23H21ClN8O4. The summed E-state index contributed by atoms with van der Waals surface area (Å²) in [7, 11) is 0. The summed E-state index contributed by atoms with van der Waals surface area (Å²) in [5, 5.41) is 7.74. The molecule has 3 aromatic heterocycles. The van der Waals surface area contributed by atoms with Crippen LogP contribution in [0.5, 0.6) is 0 Å². The molecule has 13 heteroatoms. The minimum Gasteiger partial charge on any atom is -0.443 e. The molecule has 0 saturated heterocycles. The van der Waals surface area contributed by atoms with Gasteiger partial charge in [-0.05, 0) is 45.0 Å². The van der Waals surface area contributed by atoms with E-state index in [1.807, 2.05) is 0 Å². The number of allylic oxidation sites excluding steroid dienone is 2. The zero-order valence-corrected chi connectivity index (χ0v) is 20.3. The van der Waals surface area contributed by atoms with Gasteiger partial charge in [0.05, 0.1) is 11.1 Å². The number of amides is 2. The van der Waals surface area contributed by atoms with Gasteiger partial charge >= 0.3 is 12.1 Å². The lowest BCUT2D eigenvalue weighted by atomic mass is 10.2. The Morgan fingerprint density at radius 2 is 2.06 bits per heavy atom. The monoisotopic (exact) mass is 508 g/mol. The van der Waals surface area contributed by atoms with Crippen LogP contribution in [0, 0.1) is 0 Å². The SMILES string of the molecule is CC(C)(C)OC(=O)N1C=C(n2nc(C(=O)Nc3nc4cc(Cl)ccc4o3)c3c(N)ncnc32)C=CC1. The standard InChI is InChI=1S/C23H21ClN8O4/c1-23(2,3)36-22(34)31-8-4-5-13(10-31)32-19-16(18(25)26-11-27-19)17(30-32)20(33)29-21-28-14-9-12(24)6-7-15(14)35-21/h4-7,9-11H,8H2,1-3H3,(H2,25,26,27)(H,28,29,33). The first kappa shape index (κ1) is 23.3. The van der Waals surface area contributed by atoms with Crippen molar-refractivity contribution in [3.8, 4) is 0 Å². The maximum absolute atomic E-state index is 13.2. The number of nitrogens with zero attached hydrogens (tertiary/aromatic N) is 6. The van der Waals surface area contributed by atoms with E-state index in [0.29, 0.717) is 28.4 Å². The summed E-state index contributed by atoms with van der Waals surface area (Å²) in [6.45, 7) is 5.66. The van der Waals surface area contributed by atoms with E-state index in [4.69, 9.17) is 26.5 Å². The summed E-state index contributed by atoms with van der Waals surface area (Å²) in [6, 6.07) is 4.88. The number of nitrogens with two attached hydrogens (primary N) is 1.